The molecule has 0 amide bonds. The average Bonchev–Trinajstić information content (AvgIpc) is 2.99. The lowest BCUT2D eigenvalue weighted by molar-refractivity contribution is -0.144. The van der Waals surface area contributed by atoms with Crippen molar-refractivity contribution in [1.29, 1.82) is 0 Å². The third kappa shape index (κ3) is 2.92. The summed E-state index contributed by atoms with van der Waals surface area (Å²) in [5.74, 6) is 9.40. The first-order valence-corrected chi connectivity index (χ1v) is 11.8. The van der Waals surface area contributed by atoms with Gasteiger partial charge in [0.2, 0.25) is 0 Å². The molecule has 0 aromatic heterocycles. The molecule has 1 aromatic carbocycles. The highest BCUT2D eigenvalue weighted by Gasteiger charge is 2.64. The second-order valence-corrected chi connectivity index (χ2v) is 11.1. The Labute approximate surface area is 176 Å². The first kappa shape index (κ1) is 19.7. The van der Waals surface area contributed by atoms with Gasteiger partial charge in [0.25, 0.3) is 0 Å². The zero-order valence-electron chi connectivity index (χ0n) is 18.0. The summed E-state index contributed by atoms with van der Waals surface area (Å²) in [7, 11) is 0. The van der Waals surface area contributed by atoms with E-state index in [0.29, 0.717) is 17.3 Å². The number of aliphatic hydroxyl groups is 2. The molecule has 1 aromatic rings. The lowest BCUT2D eigenvalue weighted by atomic mass is 9.44. The van der Waals surface area contributed by atoms with Crippen LogP contribution in [0.4, 0.5) is 0 Å². The average molecular weight is 393 g/mol. The predicted molar refractivity (Wildman–Crippen MR) is 116 cm³/mol. The van der Waals surface area contributed by atoms with Crippen molar-refractivity contribution >= 4 is 0 Å². The van der Waals surface area contributed by atoms with Gasteiger partial charge in [0, 0.05) is 11.0 Å². The third-order valence-corrected chi connectivity index (χ3v) is 9.98. The quantitative estimate of drug-likeness (QED) is 0.598. The van der Waals surface area contributed by atoms with Crippen LogP contribution in [-0.4, -0.2) is 21.9 Å². The molecule has 0 saturated heterocycles. The molecule has 29 heavy (non-hydrogen) atoms. The summed E-state index contributed by atoms with van der Waals surface area (Å²) >= 11 is 0. The molecule has 0 unspecified atom stereocenters. The maximum atomic E-state index is 11.7. The molecule has 2 heteroatoms. The summed E-state index contributed by atoms with van der Waals surface area (Å²) in [6, 6.07) is 10.1. The Balaban J connectivity index is 1.42. The highest BCUT2D eigenvalue weighted by molar-refractivity contribution is 5.38. The number of hydrogen-bond acceptors (Lipinski definition) is 2. The van der Waals surface area contributed by atoms with E-state index < -0.39 is 5.60 Å². The van der Waals surface area contributed by atoms with Crippen molar-refractivity contribution in [3.05, 3.63) is 35.9 Å². The number of benzene rings is 1. The van der Waals surface area contributed by atoms with Gasteiger partial charge in [-0.15, -0.1) is 0 Å². The summed E-state index contributed by atoms with van der Waals surface area (Å²) < 4.78 is 0. The fourth-order valence-corrected chi connectivity index (χ4v) is 8.15. The van der Waals surface area contributed by atoms with Gasteiger partial charge in [0.1, 0.15) is 5.60 Å². The molecule has 0 heterocycles. The molecule has 4 fully saturated rings. The highest BCUT2D eigenvalue weighted by atomic mass is 16.3. The van der Waals surface area contributed by atoms with Crippen LogP contribution in [0.2, 0.25) is 0 Å². The van der Waals surface area contributed by atoms with Crippen LogP contribution in [0.15, 0.2) is 30.3 Å². The molecule has 2 nitrogen and oxygen atoms in total. The summed E-state index contributed by atoms with van der Waals surface area (Å²) in [6.45, 7) is 4.86. The molecule has 0 spiro atoms. The Kier molecular flexibility index (Phi) is 4.65. The van der Waals surface area contributed by atoms with E-state index in [1.807, 2.05) is 30.3 Å². The van der Waals surface area contributed by atoms with Crippen molar-refractivity contribution in [2.45, 2.75) is 83.3 Å². The topological polar surface area (TPSA) is 40.5 Å². The first-order chi connectivity index (χ1) is 13.9. The molecule has 0 radical (unpaired) electrons. The molecule has 0 bridgehead atoms. The Hall–Kier alpha value is -1.30. The molecule has 0 aliphatic heterocycles. The zero-order chi connectivity index (χ0) is 20.3. The maximum absolute atomic E-state index is 11.7. The Morgan fingerprint density at radius 1 is 0.897 bits per heavy atom. The minimum Gasteiger partial charge on any atom is -0.393 e. The van der Waals surface area contributed by atoms with Crippen LogP contribution in [-0.2, 0) is 0 Å². The van der Waals surface area contributed by atoms with Crippen LogP contribution in [0.25, 0.3) is 0 Å². The first-order valence-electron chi connectivity index (χ1n) is 11.8. The van der Waals surface area contributed by atoms with Gasteiger partial charge in [-0.1, -0.05) is 43.9 Å². The Morgan fingerprint density at radius 2 is 1.66 bits per heavy atom. The van der Waals surface area contributed by atoms with Crippen LogP contribution in [0.1, 0.15) is 77.2 Å². The molecule has 156 valence electrons. The highest BCUT2D eigenvalue weighted by Crippen LogP contribution is 2.68. The largest absolute Gasteiger partial charge is 0.393 e. The number of hydrogen-bond donors (Lipinski definition) is 2. The van der Waals surface area contributed by atoms with Gasteiger partial charge in [-0.05, 0) is 99.0 Å². The van der Waals surface area contributed by atoms with E-state index in [9.17, 15) is 10.2 Å². The molecule has 4 aliphatic carbocycles. The van der Waals surface area contributed by atoms with Crippen LogP contribution in [0, 0.1) is 46.3 Å². The van der Waals surface area contributed by atoms with Crippen LogP contribution in [0.3, 0.4) is 0 Å². The molecule has 4 saturated carbocycles. The van der Waals surface area contributed by atoms with E-state index >= 15 is 0 Å². The fourth-order valence-electron chi connectivity index (χ4n) is 8.15. The van der Waals surface area contributed by atoms with E-state index in [-0.39, 0.29) is 11.5 Å². The van der Waals surface area contributed by atoms with Gasteiger partial charge in [0.15, 0.2) is 0 Å². The van der Waals surface area contributed by atoms with Crippen LogP contribution >= 0.6 is 0 Å². The van der Waals surface area contributed by atoms with Gasteiger partial charge in [-0.2, -0.15) is 0 Å². The standard InChI is InChI=1S/C27H36O2/c1-25-14-11-21(28)18-20(25)8-9-22-23(25)12-15-26(2)24(22)13-17-27(26,29)16-10-19-6-4-3-5-7-19/h3-7,20-24,28-29H,8-9,11-15,17-18H2,1-2H3/t20-,21+,22+,23-,24+,25-,26+,27+/m0/s1. The van der Waals surface area contributed by atoms with Crippen molar-refractivity contribution in [3.8, 4) is 11.8 Å². The monoisotopic (exact) mass is 392 g/mol. The van der Waals surface area contributed by atoms with E-state index in [0.717, 1.165) is 49.5 Å². The zero-order valence-corrected chi connectivity index (χ0v) is 18.0. The second kappa shape index (κ2) is 6.86. The molecule has 2 N–H and O–H groups in total. The smallest absolute Gasteiger partial charge is 0.131 e. The maximum Gasteiger partial charge on any atom is 0.131 e. The van der Waals surface area contributed by atoms with Crippen molar-refractivity contribution < 1.29 is 10.2 Å². The normalized spacial score (nSPS) is 48.6. The van der Waals surface area contributed by atoms with Crippen molar-refractivity contribution in [2.24, 2.45) is 34.5 Å². The van der Waals surface area contributed by atoms with E-state index in [2.05, 4.69) is 25.7 Å². The van der Waals surface area contributed by atoms with E-state index in [1.165, 1.54) is 25.7 Å². The van der Waals surface area contributed by atoms with Gasteiger partial charge < -0.3 is 10.2 Å². The van der Waals surface area contributed by atoms with Crippen molar-refractivity contribution in [3.63, 3.8) is 0 Å². The van der Waals surface area contributed by atoms with E-state index in [1.54, 1.807) is 0 Å². The third-order valence-electron chi connectivity index (χ3n) is 9.98. The van der Waals surface area contributed by atoms with E-state index in [4.69, 9.17) is 0 Å². The summed E-state index contributed by atoms with van der Waals surface area (Å²) in [6.07, 6.45) is 9.86. The van der Waals surface area contributed by atoms with Crippen LogP contribution in [0.5, 0.6) is 0 Å². The van der Waals surface area contributed by atoms with Crippen molar-refractivity contribution in [1.82, 2.24) is 0 Å². The number of fused-ring (bicyclic) bond motifs is 5. The minimum atomic E-state index is -0.862. The molecular formula is C27H36O2. The van der Waals surface area contributed by atoms with Crippen LogP contribution < -0.4 is 0 Å². The molecule has 8 atom stereocenters. The van der Waals surface area contributed by atoms with Crippen molar-refractivity contribution in [2.75, 3.05) is 0 Å². The van der Waals surface area contributed by atoms with Gasteiger partial charge in [-0.25, -0.2) is 0 Å². The molecular weight excluding hydrogens is 356 g/mol. The number of rotatable bonds is 0. The summed E-state index contributed by atoms with van der Waals surface area (Å²) in [4.78, 5) is 0. The fraction of sp³-hybridized carbons (Fsp3) is 0.704. The second-order valence-electron chi connectivity index (χ2n) is 11.1. The summed E-state index contributed by atoms with van der Waals surface area (Å²) in [5.41, 5.74) is 0.433. The Morgan fingerprint density at radius 3 is 2.45 bits per heavy atom. The molecule has 5 rings (SSSR count). The minimum absolute atomic E-state index is 0.0803. The van der Waals surface area contributed by atoms with Gasteiger partial charge in [-0.3, -0.25) is 0 Å². The Bertz CT molecular complexity index is 822. The predicted octanol–water partition coefficient (Wildman–Crippen LogP) is 5.17. The number of aliphatic hydroxyl groups excluding tert-OH is 1. The van der Waals surface area contributed by atoms with Gasteiger partial charge >= 0.3 is 0 Å². The lowest BCUT2D eigenvalue weighted by Gasteiger charge is -2.61. The molecule has 4 aliphatic rings. The lowest BCUT2D eigenvalue weighted by Crippen LogP contribution is -2.56. The summed E-state index contributed by atoms with van der Waals surface area (Å²) in [5, 5.41) is 21.9. The van der Waals surface area contributed by atoms with Gasteiger partial charge in [0.05, 0.1) is 6.10 Å². The SMILES string of the molecule is C[C@]12CC[C@@H](O)C[C@@H]1CC[C@H]1[C@H]3CC[C@](O)(C#Cc4ccccc4)[C@]3(C)CC[C@@H]12.